The van der Waals surface area contributed by atoms with Gasteiger partial charge in [-0.3, -0.25) is 4.79 Å². The molecule has 0 heterocycles. The van der Waals surface area contributed by atoms with Gasteiger partial charge in [0.1, 0.15) is 6.10 Å². The number of hydrogen-bond donors (Lipinski definition) is 1. The number of carbonyl (C=O) groups excluding carboxylic acids is 1. The molecule has 0 aromatic rings. The highest BCUT2D eigenvalue weighted by molar-refractivity contribution is 5.69. The Morgan fingerprint density at radius 2 is 2.12 bits per heavy atom. The quantitative estimate of drug-likeness (QED) is 0.735. The summed E-state index contributed by atoms with van der Waals surface area (Å²) in [5.74, 6) is 0.510. The molecule has 94 valence electrons. The van der Waals surface area contributed by atoms with E-state index in [2.05, 4.69) is 6.92 Å². The van der Waals surface area contributed by atoms with E-state index in [1.807, 2.05) is 6.92 Å². The van der Waals surface area contributed by atoms with Crippen LogP contribution in [0.3, 0.4) is 0 Å². The Labute approximate surface area is 98.7 Å². The molecule has 16 heavy (non-hydrogen) atoms. The van der Waals surface area contributed by atoms with Crippen molar-refractivity contribution in [2.24, 2.45) is 11.7 Å². The van der Waals surface area contributed by atoms with Gasteiger partial charge in [-0.05, 0) is 44.9 Å². The minimum absolute atomic E-state index is 0.0670. The first-order valence-electron chi connectivity index (χ1n) is 6.58. The summed E-state index contributed by atoms with van der Waals surface area (Å²) in [6.07, 6.45) is 7.20. The fraction of sp³-hybridized carbons (Fsp3) is 0.923. The van der Waals surface area contributed by atoms with Crippen LogP contribution in [0.15, 0.2) is 0 Å². The third-order valence-corrected chi connectivity index (χ3v) is 3.45. The average molecular weight is 227 g/mol. The molecule has 0 aromatic heterocycles. The molecule has 3 atom stereocenters. The second-order valence-electron chi connectivity index (χ2n) is 5.00. The van der Waals surface area contributed by atoms with Crippen molar-refractivity contribution in [2.45, 2.75) is 70.9 Å². The summed E-state index contributed by atoms with van der Waals surface area (Å²) in [4.78, 5) is 11.6. The van der Waals surface area contributed by atoms with Crippen molar-refractivity contribution in [3.63, 3.8) is 0 Å². The van der Waals surface area contributed by atoms with Crippen molar-refractivity contribution < 1.29 is 9.53 Å². The molecule has 3 nitrogen and oxygen atoms in total. The second-order valence-corrected chi connectivity index (χ2v) is 5.00. The van der Waals surface area contributed by atoms with Gasteiger partial charge < -0.3 is 10.5 Å². The Balaban J connectivity index is 2.30. The number of carbonyl (C=O) groups is 1. The molecule has 0 radical (unpaired) electrons. The first-order valence-corrected chi connectivity index (χ1v) is 6.58. The van der Waals surface area contributed by atoms with E-state index in [0.29, 0.717) is 12.3 Å². The van der Waals surface area contributed by atoms with Crippen LogP contribution in [0.25, 0.3) is 0 Å². The number of esters is 1. The van der Waals surface area contributed by atoms with Gasteiger partial charge in [-0.25, -0.2) is 0 Å². The Bertz CT molecular complexity index is 216. The van der Waals surface area contributed by atoms with Crippen LogP contribution in [0, 0.1) is 5.92 Å². The molecular weight excluding hydrogens is 202 g/mol. The summed E-state index contributed by atoms with van der Waals surface area (Å²) in [6.45, 7) is 4.10. The van der Waals surface area contributed by atoms with Crippen LogP contribution in [0.2, 0.25) is 0 Å². The summed E-state index contributed by atoms with van der Waals surface area (Å²) >= 11 is 0. The lowest BCUT2D eigenvalue weighted by Crippen LogP contribution is -2.30. The number of hydrogen-bond acceptors (Lipinski definition) is 3. The minimum atomic E-state index is -0.0670. The number of rotatable bonds is 5. The van der Waals surface area contributed by atoms with Gasteiger partial charge in [0.15, 0.2) is 0 Å². The van der Waals surface area contributed by atoms with Crippen LogP contribution < -0.4 is 5.73 Å². The van der Waals surface area contributed by atoms with Gasteiger partial charge in [0.25, 0.3) is 0 Å². The fourth-order valence-corrected chi connectivity index (χ4v) is 2.37. The molecule has 2 N–H and O–H groups in total. The zero-order valence-corrected chi connectivity index (χ0v) is 10.6. The van der Waals surface area contributed by atoms with E-state index >= 15 is 0 Å². The van der Waals surface area contributed by atoms with Gasteiger partial charge in [-0.15, -0.1) is 0 Å². The lowest BCUT2D eigenvalue weighted by molar-refractivity contribution is -0.153. The molecule has 0 aromatic carbocycles. The maximum Gasteiger partial charge on any atom is 0.306 e. The van der Waals surface area contributed by atoms with Crippen molar-refractivity contribution in [2.75, 3.05) is 0 Å². The molecule has 0 aliphatic heterocycles. The summed E-state index contributed by atoms with van der Waals surface area (Å²) in [5.41, 5.74) is 5.62. The van der Waals surface area contributed by atoms with Crippen molar-refractivity contribution in [1.29, 1.82) is 0 Å². The Morgan fingerprint density at radius 3 is 2.75 bits per heavy atom. The molecule has 1 rings (SSSR count). The zero-order chi connectivity index (χ0) is 12.0. The molecule has 1 fully saturated rings. The number of nitrogens with two attached hydrogens (primary N) is 1. The molecular formula is C13H25NO2. The number of ether oxygens (including phenoxy) is 1. The van der Waals surface area contributed by atoms with Crippen LogP contribution in [0.5, 0.6) is 0 Å². The highest BCUT2D eigenvalue weighted by Crippen LogP contribution is 2.29. The first kappa shape index (κ1) is 13.5. The van der Waals surface area contributed by atoms with Crippen molar-refractivity contribution in [3.05, 3.63) is 0 Å². The van der Waals surface area contributed by atoms with Gasteiger partial charge in [-0.2, -0.15) is 0 Å². The third-order valence-electron chi connectivity index (χ3n) is 3.45. The predicted octanol–water partition coefficient (Wildman–Crippen LogP) is 2.63. The van der Waals surface area contributed by atoms with Crippen LogP contribution in [0.4, 0.5) is 0 Å². The fourth-order valence-electron chi connectivity index (χ4n) is 2.37. The van der Waals surface area contributed by atoms with E-state index in [-0.39, 0.29) is 18.1 Å². The topological polar surface area (TPSA) is 52.3 Å². The predicted molar refractivity (Wildman–Crippen MR) is 65.0 cm³/mol. The summed E-state index contributed by atoms with van der Waals surface area (Å²) in [7, 11) is 0. The first-order chi connectivity index (χ1) is 7.63. The van der Waals surface area contributed by atoms with Gasteiger partial charge in [-0.1, -0.05) is 13.3 Å². The minimum Gasteiger partial charge on any atom is -0.462 e. The van der Waals surface area contributed by atoms with Gasteiger partial charge in [0.05, 0.1) is 0 Å². The van der Waals surface area contributed by atoms with E-state index in [9.17, 15) is 4.79 Å². The smallest absolute Gasteiger partial charge is 0.306 e. The molecule has 1 aliphatic rings. The van der Waals surface area contributed by atoms with Gasteiger partial charge in [0.2, 0.25) is 0 Å². The standard InChI is InChI=1S/C13H25NO2/c1-3-11-6-4-5-7-12(11)16-13(15)9-8-10(2)14/h10-12H,3-9,14H2,1-2H3. The summed E-state index contributed by atoms with van der Waals surface area (Å²) < 4.78 is 5.55. The Kier molecular flexibility index (Phi) is 5.81. The van der Waals surface area contributed by atoms with Gasteiger partial charge >= 0.3 is 5.97 Å². The van der Waals surface area contributed by atoms with E-state index in [1.54, 1.807) is 0 Å². The molecule has 1 saturated carbocycles. The van der Waals surface area contributed by atoms with E-state index in [0.717, 1.165) is 19.3 Å². The van der Waals surface area contributed by atoms with E-state index in [1.165, 1.54) is 19.3 Å². The Hall–Kier alpha value is -0.570. The van der Waals surface area contributed by atoms with Crippen LogP contribution in [-0.2, 0) is 9.53 Å². The monoisotopic (exact) mass is 227 g/mol. The lowest BCUT2D eigenvalue weighted by atomic mass is 9.85. The van der Waals surface area contributed by atoms with Crippen molar-refractivity contribution in [1.82, 2.24) is 0 Å². The largest absolute Gasteiger partial charge is 0.462 e. The third kappa shape index (κ3) is 4.52. The summed E-state index contributed by atoms with van der Waals surface area (Å²) in [5, 5.41) is 0. The highest BCUT2D eigenvalue weighted by Gasteiger charge is 2.26. The van der Waals surface area contributed by atoms with Crippen molar-refractivity contribution >= 4 is 5.97 Å². The molecule has 0 spiro atoms. The molecule has 3 heteroatoms. The van der Waals surface area contributed by atoms with E-state index < -0.39 is 0 Å². The SMILES string of the molecule is CCC1CCCCC1OC(=O)CCC(C)N. The Morgan fingerprint density at radius 1 is 1.44 bits per heavy atom. The summed E-state index contributed by atoms with van der Waals surface area (Å²) in [6, 6.07) is 0.0841. The molecule has 0 bridgehead atoms. The van der Waals surface area contributed by atoms with Crippen LogP contribution in [-0.4, -0.2) is 18.1 Å². The maximum atomic E-state index is 11.6. The molecule has 0 amide bonds. The molecule has 3 unspecified atom stereocenters. The zero-order valence-electron chi connectivity index (χ0n) is 10.6. The van der Waals surface area contributed by atoms with Crippen LogP contribution in [0.1, 0.15) is 58.8 Å². The average Bonchev–Trinajstić information content (AvgIpc) is 2.27. The second kappa shape index (κ2) is 6.89. The normalized spacial score (nSPS) is 27.4. The van der Waals surface area contributed by atoms with E-state index in [4.69, 9.17) is 10.5 Å². The van der Waals surface area contributed by atoms with Crippen LogP contribution >= 0.6 is 0 Å². The molecule has 0 saturated heterocycles. The lowest BCUT2D eigenvalue weighted by Gasteiger charge is -2.30. The highest BCUT2D eigenvalue weighted by atomic mass is 16.5. The van der Waals surface area contributed by atoms with Crippen molar-refractivity contribution in [3.8, 4) is 0 Å². The molecule has 1 aliphatic carbocycles. The maximum absolute atomic E-state index is 11.6. The van der Waals surface area contributed by atoms with Gasteiger partial charge in [0, 0.05) is 12.5 Å².